The van der Waals surface area contributed by atoms with E-state index in [0.29, 0.717) is 25.9 Å². The van der Waals surface area contributed by atoms with Crippen LogP contribution in [0, 0.1) is 5.92 Å². The lowest BCUT2D eigenvalue weighted by Crippen LogP contribution is -2.43. The van der Waals surface area contributed by atoms with E-state index in [9.17, 15) is 9.59 Å². The molecular formula is C25H26N2O2S. The summed E-state index contributed by atoms with van der Waals surface area (Å²) in [5.41, 5.74) is 3.44. The van der Waals surface area contributed by atoms with E-state index in [1.54, 1.807) is 0 Å². The van der Waals surface area contributed by atoms with Crippen molar-refractivity contribution in [1.29, 1.82) is 0 Å². The van der Waals surface area contributed by atoms with E-state index >= 15 is 0 Å². The molecular weight excluding hydrogens is 392 g/mol. The molecule has 2 amide bonds. The minimum absolute atomic E-state index is 0.0385. The highest BCUT2D eigenvalue weighted by Crippen LogP contribution is 2.24. The summed E-state index contributed by atoms with van der Waals surface area (Å²) in [6, 6.07) is 22.3. The maximum Gasteiger partial charge on any atom is 0.263 e. The second kappa shape index (κ2) is 9.26. The SMILES string of the molecule is C[C@@H](NC(=O)C1CCN(C(=O)c2cccs2)CC1)c1ccc(-c2ccccc2)cc1. The van der Waals surface area contributed by atoms with E-state index in [4.69, 9.17) is 0 Å². The summed E-state index contributed by atoms with van der Waals surface area (Å²) in [5, 5.41) is 5.07. The molecule has 154 valence electrons. The number of nitrogens with zero attached hydrogens (tertiary/aromatic N) is 1. The third-order valence-electron chi connectivity index (χ3n) is 5.76. The van der Waals surface area contributed by atoms with Crippen LogP contribution < -0.4 is 5.32 Å². The fraction of sp³-hybridized carbons (Fsp3) is 0.280. The minimum Gasteiger partial charge on any atom is -0.349 e. The van der Waals surface area contributed by atoms with E-state index in [-0.39, 0.29) is 23.8 Å². The molecule has 1 N–H and O–H groups in total. The first-order valence-electron chi connectivity index (χ1n) is 10.4. The molecule has 1 fully saturated rings. The van der Waals surface area contributed by atoms with Gasteiger partial charge in [-0.3, -0.25) is 9.59 Å². The summed E-state index contributed by atoms with van der Waals surface area (Å²) in [5.74, 6) is 0.122. The molecule has 1 aromatic heterocycles. The van der Waals surface area contributed by atoms with Crippen LogP contribution in [0.1, 0.15) is 41.0 Å². The molecule has 0 radical (unpaired) electrons. The Kier molecular flexibility index (Phi) is 6.29. The van der Waals surface area contributed by atoms with Crippen molar-refractivity contribution in [2.24, 2.45) is 5.92 Å². The van der Waals surface area contributed by atoms with Gasteiger partial charge in [0, 0.05) is 19.0 Å². The van der Waals surface area contributed by atoms with Gasteiger partial charge in [-0.15, -0.1) is 11.3 Å². The molecule has 0 bridgehead atoms. The molecule has 0 unspecified atom stereocenters. The van der Waals surface area contributed by atoms with Crippen LogP contribution in [0.25, 0.3) is 11.1 Å². The average Bonchev–Trinajstić information content (AvgIpc) is 3.34. The van der Waals surface area contributed by atoms with Crippen molar-refractivity contribution in [2.45, 2.75) is 25.8 Å². The molecule has 2 aromatic carbocycles. The summed E-state index contributed by atoms with van der Waals surface area (Å²) >= 11 is 1.47. The Balaban J connectivity index is 1.30. The van der Waals surface area contributed by atoms with Crippen molar-refractivity contribution in [3.8, 4) is 11.1 Å². The van der Waals surface area contributed by atoms with E-state index in [1.807, 2.05) is 47.5 Å². The topological polar surface area (TPSA) is 49.4 Å². The molecule has 5 heteroatoms. The standard InChI is InChI=1S/C25H26N2O2S/c1-18(19-9-11-21(12-10-19)20-6-3-2-4-7-20)26-24(28)22-13-15-27(16-14-22)25(29)23-8-5-17-30-23/h2-12,17-18,22H,13-16H2,1H3,(H,26,28)/t18-/m1/s1. The quantitative estimate of drug-likeness (QED) is 0.623. The molecule has 4 nitrogen and oxygen atoms in total. The Bertz CT molecular complexity index is 976. The summed E-state index contributed by atoms with van der Waals surface area (Å²) in [7, 11) is 0. The third-order valence-corrected chi connectivity index (χ3v) is 6.62. The van der Waals surface area contributed by atoms with Gasteiger partial charge in [0.05, 0.1) is 10.9 Å². The van der Waals surface area contributed by atoms with Crippen LogP contribution in [0.3, 0.4) is 0 Å². The number of rotatable bonds is 5. The minimum atomic E-state index is -0.0481. The lowest BCUT2D eigenvalue weighted by Gasteiger charge is -2.31. The number of thiophene rings is 1. The van der Waals surface area contributed by atoms with Gasteiger partial charge >= 0.3 is 0 Å². The largest absolute Gasteiger partial charge is 0.349 e. The van der Waals surface area contributed by atoms with Gasteiger partial charge in [-0.25, -0.2) is 0 Å². The molecule has 30 heavy (non-hydrogen) atoms. The monoisotopic (exact) mass is 418 g/mol. The van der Waals surface area contributed by atoms with Crippen molar-refractivity contribution in [2.75, 3.05) is 13.1 Å². The molecule has 0 saturated carbocycles. The van der Waals surface area contributed by atoms with E-state index in [0.717, 1.165) is 10.4 Å². The first-order chi connectivity index (χ1) is 14.6. The zero-order chi connectivity index (χ0) is 20.9. The van der Waals surface area contributed by atoms with Crippen LogP contribution in [-0.2, 0) is 4.79 Å². The van der Waals surface area contributed by atoms with Crippen molar-refractivity contribution in [3.05, 3.63) is 82.6 Å². The summed E-state index contributed by atoms with van der Waals surface area (Å²) in [6.45, 7) is 3.29. The summed E-state index contributed by atoms with van der Waals surface area (Å²) in [4.78, 5) is 27.9. The average molecular weight is 419 g/mol. The zero-order valence-corrected chi connectivity index (χ0v) is 17.9. The van der Waals surface area contributed by atoms with Crippen molar-refractivity contribution >= 4 is 23.2 Å². The number of likely N-dealkylation sites (tertiary alicyclic amines) is 1. The van der Waals surface area contributed by atoms with Gasteiger partial charge in [0.15, 0.2) is 0 Å². The van der Waals surface area contributed by atoms with Gasteiger partial charge in [0.25, 0.3) is 5.91 Å². The number of benzene rings is 2. The molecule has 1 saturated heterocycles. The molecule has 4 rings (SSSR count). The van der Waals surface area contributed by atoms with Gasteiger partial charge in [0.2, 0.25) is 5.91 Å². The van der Waals surface area contributed by atoms with Gasteiger partial charge in [-0.1, -0.05) is 60.7 Å². The molecule has 0 spiro atoms. The van der Waals surface area contributed by atoms with Gasteiger partial charge in [-0.2, -0.15) is 0 Å². The summed E-state index contributed by atoms with van der Waals surface area (Å²) in [6.07, 6.45) is 1.42. The molecule has 1 aliphatic heterocycles. The maximum absolute atomic E-state index is 12.8. The second-order valence-electron chi connectivity index (χ2n) is 7.76. The van der Waals surface area contributed by atoms with Crippen LogP contribution in [0.2, 0.25) is 0 Å². The van der Waals surface area contributed by atoms with E-state index < -0.39 is 0 Å². The number of nitrogens with one attached hydrogen (secondary N) is 1. The number of hydrogen-bond acceptors (Lipinski definition) is 3. The Hall–Kier alpha value is -2.92. The molecule has 1 aliphatic rings. The summed E-state index contributed by atoms with van der Waals surface area (Å²) < 4.78 is 0. The number of amides is 2. The first-order valence-corrected chi connectivity index (χ1v) is 11.3. The molecule has 2 heterocycles. The van der Waals surface area contributed by atoms with Crippen LogP contribution in [0.15, 0.2) is 72.1 Å². The molecule has 1 atom stereocenters. The first kappa shape index (κ1) is 20.4. The molecule has 3 aromatic rings. The highest BCUT2D eigenvalue weighted by Gasteiger charge is 2.28. The number of carbonyl (C=O) groups is 2. The lowest BCUT2D eigenvalue weighted by atomic mass is 9.94. The van der Waals surface area contributed by atoms with Crippen molar-refractivity contribution in [3.63, 3.8) is 0 Å². The zero-order valence-electron chi connectivity index (χ0n) is 17.1. The van der Waals surface area contributed by atoms with Gasteiger partial charge in [-0.05, 0) is 47.9 Å². The van der Waals surface area contributed by atoms with Crippen LogP contribution in [-0.4, -0.2) is 29.8 Å². The predicted octanol–water partition coefficient (Wildman–Crippen LogP) is 5.14. The predicted molar refractivity (Wildman–Crippen MR) is 121 cm³/mol. The Morgan fingerprint density at radius 3 is 2.23 bits per heavy atom. The smallest absolute Gasteiger partial charge is 0.263 e. The lowest BCUT2D eigenvalue weighted by molar-refractivity contribution is -0.126. The van der Waals surface area contributed by atoms with Crippen LogP contribution in [0.4, 0.5) is 0 Å². The highest BCUT2D eigenvalue weighted by molar-refractivity contribution is 7.12. The normalized spacial score (nSPS) is 15.6. The van der Waals surface area contributed by atoms with Crippen molar-refractivity contribution < 1.29 is 9.59 Å². The van der Waals surface area contributed by atoms with E-state index in [2.05, 4.69) is 41.7 Å². The van der Waals surface area contributed by atoms with Crippen molar-refractivity contribution in [1.82, 2.24) is 10.2 Å². The Morgan fingerprint density at radius 1 is 0.933 bits per heavy atom. The highest BCUT2D eigenvalue weighted by atomic mass is 32.1. The van der Waals surface area contributed by atoms with Gasteiger partial charge in [0.1, 0.15) is 0 Å². The Morgan fingerprint density at radius 2 is 1.60 bits per heavy atom. The third kappa shape index (κ3) is 4.62. The Labute approximate surface area is 181 Å². The maximum atomic E-state index is 12.8. The van der Waals surface area contributed by atoms with Crippen LogP contribution in [0.5, 0.6) is 0 Å². The fourth-order valence-electron chi connectivity index (χ4n) is 3.91. The fourth-order valence-corrected chi connectivity index (χ4v) is 4.60. The van der Waals surface area contributed by atoms with Gasteiger partial charge < -0.3 is 10.2 Å². The van der Waals surface area contributed by atoms with Crippen LogP contribution >= 0.6 is 11.3 Å². The number of carbonyl (C=O) groups excluding carboxylic acids is 2. The number of piperidine rings is 1. The number of hydrogen-bond donors (Lipinski definition) is 1. The van der Waals surface area contributed by atoms with E-state index in [1.165, 1.54) is 22.5 Å². The molecule has 0 aliphatic carbocycles. The second-order valence-corrected chi connectivity index (χ2v) is 8.71.